The molecule has 2 amide bonds. The van der Waals surface area contributed by atoms with Crippen molar-refractivity contribution in [2.45, 2.75) is 59.1 Å². The molecule has 152 valence electrons. The first-order chi connectivity index (χ1) is 12.4. The molecule has 0 spiro atoms. The summed E-state index contributed by atoms with van der Waals surface area (Å²) in [5, 5.41) is 9.33. The number of ether oxygens (including phenoxy) is 1. The van der Waals surface area contributed by atoms with Gasteiger partial charge in [0.15, 0.2) is 0 Å². The van der Waals surface area contributed by atoms with E-state index in [4.69, 9.17) is 16.3 Å². The Morgan fingerprint density at radius 3 is 2.33 bits per heavy atom. The fraction of sp³-hybridized carbons (Fsp3) is 0.600. The highest BCUT2D eigenvalue weighted by Crippen LogP contribution is 2.20. The Morgan fingerprint density at radius 2 is 1.78 bits per heavy atom. The molecular formula is C20H32ClN3O3. The second-order valence-electron chi connectivity index (χ2n) is 8.40. The summed E-state index contributed by atoms with van der Waals surface area (Å²) >= 11 is 6.07. The van der Waals surface area contributed by atoms with E-state index in [9.17, 15) is 9.59 Å². The molecule has 7 heteroatoms. The molecule has 1 aromatic carbocycles. The van der Waals surface area contributed by atoms with E-state index in [1.165, 1.54) is 0 Å². The predicted molar refractivity (Wildman–Crippen MR) is 110 cm³/mol. The summed E-state index contributed by atoms with van der Waals surface area (Å²) in [4.78, 5) is 24.2. The molecule has 6 nitrogen and oxygen atoms in total. The number of hydrogen-bond donors (Lipinski definition) is 3. The molecule has 1 rings (SSSR count). The summed E-state index contributed by atoms with van der Waals surface area (Å²) in [6.07, 6.45) is 0.308. The minimum Gasteiger partial charge on any atom is -0.444 e. The summed E-state index contributed by atoms with van der Waals surface area (Å²) in [5.41, 5.74) is -0.438. The molecule has 0 aliphatic carbocycles. The Morgan fingerprint density at radius 1 is 1.15 bits per heavy atom. The first kappa shape index (κ1) is 23.2. The smallest absolute Gasteiger partial charge is 0.407 e. The van der Waals surface area contributed by atoms with Crippen LogP contribution in [0.4, 0.5) is 10.5 Å². The summed E-state index contributed by atoms with van der Waals surface area (Å²) in [5.74, 6) is 0.185. The van der Waals surface area contributed by atoms with Crippen LogP contribution in [-0.2, 0) is 9.53 Å². The highest BCUT2D eigenvalue weighted by Gasteiger charge is 2.27. The molecule has 0 radical (unpaired) electrons. The van der Waals surface area contributed by atoms with Gasteiger partial charge in [0.1, 0.15) is 5.60 Å². The van der Waals surface area contributed by atoms with Gasteiger partial charge < -0.3 is 20.7 Å². The van der Waals surface area contributed by atoms with Crippen molar-refractivity contribution in [3.8, 4) is 0 Å². The monoisotopic (exact) mass is 397 g/mol. The van der Waals surface area contributed by atoms with E-state index in [0.717, 1.165) is 6.42 Å². The van der Waals surface area contributed by atoms with E-state index in [0.29, 0.717) is 23.2 Å². The number of amides is 2. The number of carbonyl (C=O) groups is 2. The number of rotatable bonds is 8. The van der Waals surface area contributed by atoms with E-state index >= 15 is 0 Å². The van der Waals surface area contributed by atoms with Gasteiger partial charge in [0, 0.05) is 12.1 Å². The van der Waals surface area contributed by atoms with Crippen molar-refractivity contribution < 1.29 is 14.3 Å². The maximum absolute atomic E-state index is 12.3. The number of anilines is 1. The second kappa shape index (κ2) is 9.95. The largest absolute Gasteiger partial charge is 0.444 e. The lowest BCUT2D eigenvalue weighted by atomic mass is 9.90. The molecule has 0 bridgehead atoms. The zero-order chi connectivity index (χ0) is 20.7. The quantitative estimate of drug-likeness (QED) is 0.614. The van der Waals surface area contributed by atoms with Crippen LogP contribution in [0.25, 0.3) is 0 Å². The van der Waals surface area contributed by atoms with Crippen molar-refractivity contribution >= 4 is 29.3 Å². The lowest BCUT2D eigenvalue weighted by molar-refractivity contribution is -0.115. The van der Waals surface area contributed by atoms with Crippen LogP contribution >= 0.6 is 11.6 Å². The average molecular weight is 398 g/mol. The normalized spacial score (nSPS) is 13.8. The van der Waals surface area contributed by atoms with E-state index in [1.807, 2.05) is 33.8 Å². The van der Waals surface area contributed by atoms with Crippen LogP contribution in [0.3, 0.4) is 0 Å². The third-order valence-corrected chi connectivity index (χ3v) is 4.03. The highest BCUT2D eigenvalue weighted by molar-refractivity contribution is 6.33. The Kier molecular flexibility index (Phi) is 8.57. The molecule has 1 atom stereocenters. The maximum atomic E-state index is 12.3. The van der Waals surface area contributed by atoms with E-state index in [2.05, 4.69) is 29.8 Å². The topological polar surface area (TPSA) is 79.5 Å². The lowest BCUT2D eigenvalue weighted by Gasteiger charge is -2.33. The number of para-hydroxylation sites is 1. The molecule has 0 unspecified atom stereocenters. The molecule has 0 aromatic heterocycles. The van der Waals surface area contributed by atoms with Crippen LogP contribution in [0.1, 0.15) is 48.0 Å². The molecule has 3 N–H and O–H groups in total. The van der Waals surface area contributed by atoms with E-state index < -0.39 is 17.2 Å². The van der Waals surface area contributed by atoms with Crippen molar-refractivity contribution in [3.63, 3.8) is 0 Å². The predicted octanol–water partition coefficient (Wildman–Crippen LogP) is 4.20. The summed E-state index contributed by atoms with van der Waals surface area (Å²) in [6, 6.07) is 7.08. The third kappa shape index (κ3) is 9.63. The Labute approximate surface area is 167 Å². The van der Waals surface area contributed by atoms with Crippen molar-refractivity contribution in [1.82, 2.24) is 10.6 Å². The minimum atomic E-state index is -0.555. The minimum absolute atomic E-state index is 0.102. The van der Waals surface area contributed by atoms with Crippen molar-refractivity contribution in [2.75, 3.05) is 18.4 Å². The van der Waals surface area contributed by atoms with Gasteiger partial charge in [-0.25, -0.2) is 4.79 Å². The van der Waals surface area contributed by atoms with Crippen LogP contribution in [0, 0.1) is 5.92 Å². The Bertz CT molecular complexity index is 644. The van der Waals surface area contributed by atoms with Crippen molar-refractivity contribution in [2.24, 2.45) is 5.92 Å². The summed E-state index contributed by atoms with van der Waals surface area (Å²) in [7, 11) is 0. The lowest BCUT2D eigenvalue weighted by Crippen LogP contribution is -2.54. The van der Waals surface area contributed by atoms with Crippen LogP contribution < -0.4 is 16.0 Å². The number of halogens is 1. The summed E-state index contributed by atoms with van der Waals surface area (Å²) < 4.78 is 5.28. The van der Waals surface area contributed by atoms with Gasteiger partial charge in [0.2, 0.25) is 5.91 Å². The zero-order valence-corrected chi connectivity index (χ0v) is 17.9. The Hall–Kier alpha value is -1.79. The molecule has 1 aromatic rings. The van der Waals surface area contributed by atoms with Crippen LogP contribution in [0.2, 0.25) is 5.02 Å². The first-order valence-electron chi connectivity index (χ1n) is 9.16. The highest BCUT2D eigenvalue weighted by atomic mass is 35.5. The molecule has 0 aliphatic heterocycles. The van der Waals surface area contributed by atoms with Gasteiger partial charge in [0.05, 0.1) is 17.3 Å². The zero-order valence-electron chi connectivity index (χ0n) is 17.1. The molecule has 27 heavy (non-hydrogen) atoms. The first-order valence-corrected chi connectivity index (χ1v) is 9.54. The molecular weight excluding hydrogens is 366 g/mol. The van der Waals surface area contributed by atoms with Crippen LogP contribution in [-0.4, -0.2) is 36.2 Å². The van der Waals surface area contributed by atoms with Gasteiger partial charge in [-0.2, -0.15) is 0 Å². The fourth-order valence-electron chi connectivity index (χ4n) is 2.74. The van der Waals surface area contributed by atoms with Crippen LogP contribution in [0.5, 0.6) is 0 Å². The van der Waals surface area contributed by atoms with E-state index in [-0.39, 0.29) is 12.5 Å². The fourth-order valence-corrected chi connectivity index (χ4v) is 2.92. The van der Waals surface area contributed by atoms with Gasteiger partial charge in [-0.15, -0.1) is 0 Å². The Balaban J connectivity index is 2.63. The van der Waals surface area contributed by atoms with Gasteiger partial charge in [0.25, 0.3) is 0 Å². The van der Waals surface area contributed by atoms with Crippen molar-refractivity contribution in [1.29, 1.82) is 0 Å². The van der Waals surface area contributed by atoms with Gasteiger partial charge in [-0.3, -0.25) is 4.79 Å². The third-order valence-electron chi connectivity index (χ3n) is 3.70. The molecule has 0 saturated heterocycles. The number of alkyl carbamates (subject to hydrolysis) is 1. The average Bonchev–Trinajstić information content (AvgIpc) is 2.51. The molecule has 0 fully saturated rings. The molecule has 0 saturated carbocycles. The van der Waals surface area contributed by atoms with Gasteiger partial charge in [-0.05, 0) is 52.2 Å². The molecule has 0 aliphatic rings. The van der Waals surface area contributed by atoms with Crippen molar-refractivity contribution in [3.05, 3.63) is 29.3 Å². The van der Waals surface area contributed by atoms with Gasteiger partial charge in [-0.1, -0.05) is 37.6 Å². The summed E-state index contributed by atoms with van der Waals surface area (Å²) in [6.45, 7) is 12.1. The number of nitrogens with one attached hydrogen (secondary N) is 3. The van der Waals surface area contributed by atoms with Gasteiger partial charge >= 0.3 is 6.09 Å². The number of carbonyl (C=O) groups excluding carboxylic acids is 2. The second-order valence-corrected chi connectivity index (χ2v) is 8.80. The van der Waals surface area contributed by atoms with E-state index in [1.54, 1.807) is 18.2 Å². The maximum Gasteiger partial charge on any atom is 0.407 e. The molecule has 0 heterocycles. The number of benzene rings is 1. The number of hydrogen-bond acceptors (Lipinski definition) is 4. The van der Waals surface area contributed by atoms with Crippen LogP contribution in [0.15, 0.2) is 24.3 Å². The SMILES string of the molecule is CC(C)C[C@@](C)(CNC(=O)OC(C)(C)C)NCC(=O)Nc1ccccc1Cl. The standard InChI is InChI=1S/C20H32ClN3O3/c1-14(2)11-20(6,13-22-18(26)27-19(3,4)5)23-12-17(25)24-16-10-8-7-9-15(16)21/h7-10,14,23H,11-13H2,1-6H3,(H,22,26)(H,24,25)/t20-/m0/s1.